The molecule has 0 aromatic rings. The molecule has 0 aromatic heterocycles. The van der Waals surface area contributed by atoms with Crippen LogP contribution in [0, 0.1) is 11.8 Å². The van der Waals surface area contributed by atoms with Gasteiger partial charge in [-0.1, -0.05) is 72.1 Å². The molecule has 2 nitrogen and oxygen atoms in total. The van der Waals surface area contributed by atoms with E-state index in [4.69, 9.17) is 0 Å². The number of unbranched alkanes of at least 4 members (excludes halogenated alkanes) is 4. The average molecular weight is 256 g/mol. The lowest BCUT2D eigenvalue weighted by molar-refractivity contribution is -0.142. The molecule has 0 amide bonds. The van der Waals surface area contributed by atoms with E-state index in [2.05, 4.69) is 20.8 Å². The molecule has 108 valence electrons. The molecule has 0 aliphatic carbocycles. The van der Waals surface area contributed by atoms with E-state index in [1.54, 1.807) is 0 Å². The second-order valence-corrected chi connectivity index (χ2v) is 5.54. The number of aliphatic carboxylic acids is 1. The lowest BCUT2D eigenvalue weighted by Gasteiger charge is -2.19. The maximum Gasteiger partial charge on any atom is 0.306 e. The van der Waals surface area contributed by atoms with Crippen LogP contribution < -0.4 is 0 Å². The second kappa shape index (κ2) is 11.6. The molecular formula is C16H32O2. The summed E-state index contributed by atoms with van der Waals surface area (Å²) >= 11 is 0. The largest absolute Gasteiger partial charge is 0.481 e. The Morgan fingerprint density at radius 2 is 1.50 bits per heavy atom. The van der Waals surface area contributed by atoms with Crippen molar-refractivity contribution in [2.24, 2.45) is 11.8 Å². The van der Waals surface area contributed by atoms with Gasteiger partial charge in [0, 0.05) is 0 Å². The molecule has 0 aliphatic rings. The summed E-state index contributed by atoms with van der Waals surface area (Å²) < 4.78 is 0. The lowest BCUT2D eigenvalue weighted by Crippen LogP contribution is -2.18. The highest BCUT2D eigenvalue weighted by atomic mass is 16.4. The molecule has 2 atom stereocenters. The lowest BCUT2D eigenvalue weighted by atomic mass is 9.86. The Morgan fingerprint density at radius 3 is 1.94 bits per heavy atom. The van der Waals surface area contributed by atoms with Gasteiger partial charge in [-0.05, 0) is 18.8 Å². The van der Waals surface area contributed by atoms with Crippen LogP contribution in [0.2, 0.25) is 0 Å². The molecule has 0 fully saturated rings. The summed E-state index contributed by atoms with van der Waals surface area (Å²) in [6, 6.07) is 0. The summed E-state index contributed by atoms with van der Waals surface area (Å²) in [6.45, 7) is 6.57. The van der Waals surface area contributed by atoms with Crippen molar-refractivity contribution < 1.29 is 9.90 Å². The predicted octanol–water partition coefficient (Wildman–Crippen LogP) is 5.26. The number of rotatable bonds is 12. The molecule has 0 heterocycles. The Bertz CT molecular complexity index is 201. The quantitative estimate of drug-likeness (QED) is 0.483. The molecule has 0 bridgehead atoms. The van der Waals surface area contributed by atoms with Gasteiger partial charge in [-0.15, -0.1) is 0 Å². The highest BCUT2D eigenvalue weighted by molar-refractivity contribution is 5.69. The van der Waals surface area contributed by atoms with Crippen molar-refractivity contribution in [1.82, 2.24) is 0 Å². The van der Waals surface area contributed by atoms with E-state index < -0.39 is 5.97 Å². The summed E-state index contributed by atoms with van der Waals surface area (Å²) in [5.41, 5.74) is 0. The number of hydrogen-bond donors (Lipinski definition) is 1. The van der Waals surface area contributed by atoms with Gasteiger partial charge in [-0.3, -0.25) is 4.79 Å². The molecule has 0 aromatic carbocycles. The van der Waals surface area contributed by atoms with E-state index in [9.17, 15) is 9.90 Å². The summed E-state index contributed by atoms with van der Waals surface area (Å²) in [6.07, 6.45) is 11.3. The molecule has 0 rings (SSSR count). The fourth-order valence-corrected chi connectivity index (χ4v) is 2.56. The molecule has 1 N–H and O–H groups in total. The first-order chi connectivity index (χ1) is 8.65. The standard InChI is InChI=1S/C16H32O2/c1-4-7-9-11-14(6-3)13-15(16(17)18)12-10-8-5-2/h14-15H,4-13H2,1-3H3,(H,17,18). The highest BCUT2D eigenvalue weighted by Gasteiger charge is 2.21. The van der Waals surface area contributed by atoms with Crippen LogP contribution >= 0.6 is 0 Å². The van der Waals surface area contributed by atoms with Crippen LogP contribution in [-0.4, -0.2) is 11.1 Å². The maximum atomic E-state index is 11.3. The third-order valence-corrected chi connectivity index (χ3v) is 3.92. The van der Waals surface area contributed by atoms with Crippen LogP contribution in [0.4, 0.5) is 0 Å². The SMILES string of the molecule is CCCCCC(CC)CC(CCCCC)C(=O)O. The van der Waals surface area contributed by atoms with Gasteiger partial charge in [0.2, 0.25) is 0 Å². The molecule has 0 aliphatic heterocycles. The van der Waals surface area contributed by atoms with Gasteiger partial charge in [0.1, 0.15) is 0 Å². The van der Waals surface area contributed by atoms with Gasteiger partial charge in [-0.25, -0.2) is 0 Å². The van der Waals surface area contributed by atoms with Crippen LogP contribution in [0.1, 0.15) is 85.0 Å². The first-order valence-electron chi connectivity index (χ1n) is 7.88. The Balaban J connectivity index is 4.04. The Hall–Kier alpha value is -0.530. The minimum absolute atomic E-state index is 0.108. The van der Waals surface area contributed by atoms with E-state index in [1.807, 2.05) is 0 Å². The van der Waals surface area contributed by atoms with Crippen molar-refractivity contribution >= 4 is 5.97 Å². The van der Waals surface area contributed by atoms with Crippen molar-refractivity contribution in [2.45, 2.75) is 85.0 Å². The third-order valence-electron chi connectivity index (χ3n) is 3.92. The van der Waals surface area contributed by atoms with Crippen molar-refractivity contribution in [1.29, 1.82) is 0 Å². The highest BCUT2D eigenvalue weighted by Crippen LogP contribution is 2.25. The Kier molecular flexibility index (Phi) is 11.2. The van der Waals surface area contributed by atoms with Crippen LogP contribution in [0.5, 0.6) is 0 Å². The molecule has 18 heavy (non-hydrogen) atoms. The Labute approximate surface area is 113 Å². The number of hydrogen-bond acceptors (Lipinski definition) is 1. The van der Waals surface area contributed by atoms with E-state index in [-0.39, 0.29) is 5.92 Å². The summed E-state index contributed by atoms with van der Waals surface area (Å²) in [4.78, 5) is 11.3. The topological polar surface area (TPSA) is 37.3 Å². The monoisotopic (exact) mass is 256 g/mol. The molecule has 0 spiro atoms. The van der Waals surface area contributed by atoms with Crippen molar-refractivity contribution in [3.63, 3.8) is 0 Å². The Morgan fingerprint density at radius 1 is 0.944 bits per heavy atom. The summed E-state index contributed by atoms with van der Waals surface area (Å²) in [5.74, 6) is -0.0811. The van der Waals surface area contributed by atoms with E-state index in [0.29, 0.717) is 5.92 Å². The van der Waals surface area contributed by atoms with Gasteiger partial charge in [0.15, 0.2) is 0 Å². The molecule has 0 saturated heterocycles. The second-order valence-electron chi connectivity index (χ2n) is 5.54. The fourth-order valence-electron chi connectivity index (χ4n) is 2.56. The van der Waals surface area contributed by atoms with Gasteiger partial charge in [0.05, 0.1) is 5.92 Å². The van der Waals surface area contributed by atoms with Gasteiger partial charge < -0.3 is 5.11 Å². The molecule has 0 saturated carbocycles. The average Bonchev–Trinajstić information content (AvgIpc) is 2.35. The third kappa shape index (κ3) is 8.54. The molecular weight excluding hydrogens is 224 g/mol. The van der Waals surface area contributed by atoms with Crippen LogP contribution in [0.25, 0.3) is 0 Å². The van der Waals surface area contributed by atoms with Gasteiger partial charge in [0.25, 0.3) is 0 Å². The summed E-state index contributed by atoms with van der Waals surface area (Å²) in [5, 5.41) is 9.29. The minimum atomic E-state index is -0.583. The minimum Gasteiger partial charge on any atom is -0.481 e. The van der Waals surface area contributed by atoms with Crippen LogP contribution in [-0.2, 0) is 4.79 Å². The zero-order valence-corrected chi connectivity index (χ0v) is 12.6. The normalized spacial score (nSPS) is 14.4. The molecule has 2 unspecified atom stereocenters. The van der Waals surface area contributed by atoms with Gasteiger partial charge >= 0.3 is 5.97 Å². The van der Waals surface area contributed by atoms with Crippen LogP contribution in [0.3, 0.4) is 0 Å². The summed E-state index contributed by atoms with van der Waals surface area (Å²) in [7, 11) is 0. The van der Waals surface area contributed by atoms with Crippen LogP contribution in [0.15, 0.2) is 0 Å². The first kappa shape index (κ1) is 17.5. The maximum absolute atomic E-state index is 11.3. The predicted molar refractivity (Wildman–Crippen MR) is 77.8 cm³/mol. The van der Waals surface area contributed by atoms with E-state index in [1.165, 1.54) is 32.1 Å². The molecule has 2 heteroatoms. The van der Waals surface area contributed by atoms with Crippen molar-refractivity contribution in [3.05, 3.63) is 0 Å². The number of carboxylic acids is 1. The van der Waals surface area contributed by atoms with Crippen molar-refractivity contribution in [2.75, 3.05) is 0 Å². The number of carbonyl (C=O) groups is 1. The zero-order chi connectivity index (χ0) is 13.8. The smallest absolute Gasteiger partial charge is 0.306 e. The fraction of sp³-hybridized carbons (Fsp3) is 0.938. The number of carboxylic acid groups (broad SMARTS) is 1. The van der Waals surface area contributed by atoms with E-state index in [0.717, 1.165) is 32.1 Å². The van der Waals surface area contributed by atoms with Crippen molar-refractivity contribution in [3.8, 4) is 0 Å². The zero-order valence-electron chi connectivity index (χ0n) is 12.6. The van der Waals surface area contributed by atoms with E-state index >= 15 is 0 Å². The first-order valence-corrected chi connectivity index (χ1v) is 7.88. The molecule has 0 radical (unpaired) electrons. The van der Waals surface area contributed by atoms with Gasteiger partial charge in [-0.2, -0.15) is 0 Å².